The molecule has 0 aliphatic carbocycles. The van der Waals surface area contributed by atoms with E-state index in [0.29, 0.717) is 60.1 Å². The lowest BCUT2D eigenvalue weighted by molar-refractivity contribution is -0.160. The number of benzene rings is 2. The van der Waals surface area contributed by atoms with Gasteiger partial charge in [0.15, 0.2) is 6.10 Å². The largest absolute Gasteiger partial charge is 0.493 e. The molecule has 2 aromatic carbocycles. The number of aliphatic carboxylic acids is 1. The number of halogens is 1. The zero-order valence-electron chi connectivity index (χ0n) is 30.8. The maximum absolute atomic E-state index is 13.3. The number of aryl methyl sites for hydroxylation is 1. The molecule has 2 heterocycles. The summed E-state index contributed by atoms with van der Waals surface area (Å²) in [5.74, 6) is -2.13. The van der Waals surface area contributed by atoms with E-state index in [9.17, 15) is 23.9 Å². The second-order valence-electron chi connectivity index (χ2n) is 15.0. The van der Waals surface area contributed by atoms with Crippen molar-refractivity contribution < 1.29 is 33.4 Å². The second kappa shape index (κ2) is 15.6. The lowest BCUT2D eigenvalue weighted by Crippen LogP contribution is -2.41. The first kappa shape index (κ1) is 38.3. The van der Waals surface area contributed by atoms with Crippen LogP contribution in [0.1, 0.15) is 76.1 Å². The first-order valence-electron chi connectivity index (χ1n) is 17.0. The summed E-state index contributed by atoms with van der Waals surface area (Å²) in [6.07, 6.45) is 1.06. The van der Waals surface area contributed by atoms with E-state index >= 15 is 0 Å². The summed E-state index contributed by atoms with van der Waals surface area (Å²) in [6, 6.07) is 13.8. The number of hydrogen-bond donors (Lipinski definition) is 1. The van der Waals surface area contributed by atoms with Gasteiger partial charge in [-0.15, -0.1) is 0 Å². The Balaban J connectivity index is 1.86. The molecule has 0 spiro atoms. The van der Waals surface area contributed by atoms with Crippen LogP contribution in [0.25, 0.3) is 11.1 Å². The average Bonchev–Trinajstić information content (AvgIpc) is 3.03. The van der Waals surface area contributed by atoms with E-state index in [1.807, 2.05) is 45.0 Å². The van der Waals surface area contributed by atoms with E-state index in [2.05, 4.69) is 18.7 Å². The number of carboxylic acids is 1. The minimum atomic E-state index is -1.32. The molecule has 1 N–H and O–H groups in total. The number of carbonyl (C=O) groups excluding carboxylic acids is 2. The van der Waals surface area contributed by atoms with Crippen LogP contribution in [0, 0.1) is 18.2 Å². The van der Waals surface area contributed by atoms with Crippen molar-refractivity contribution in [1.82, 2.24) is 14.8 Å². The van der Waals surface area contributed by atoms with Crippen molar-refractivity contribution in [2.24, 2.45) is 5.41 Å². The van der Waals surface area contributed by atoms with E-state index in [0.717, 1.165) is 24.0 Å². The van der Waals surface area contributed by atoms with Gasteiger partial charge in [-0.1, -0.05) is 38.1 Å². The lowest BCUT2D eigenvalue weighted by atomic mass is 9.81. The highest BCUT2D eigenvalue weighted by molar-refractivity contribution is 6.34. The lowest BCUT2D eigenvalue weighted by Gasteiger charge is -2.41. The summed E-state index contributed by atoms with van der Waals surface area (Å²) in [6.45, 7) is 13.4. The highest BCUT2D eigenvalue weighted by atomic mass is 19.1. The molecule has 1 aromatic heterocycles. The molecule has 0 saturated carbocycles. The summed E-state index contributed by atoms with van der Waals surface area (Å²) in [5, 5.41) is 10.6. The molecular weight excluding hydrogens is 639 g/mol. The van der Waals surface area contributed by atoms with Crippen LogP contribution in [0.5, 0.6) is 5.75 Å². The molecule has 2 amide bonds. The summed E-state index contributed by atoms with van der Waals surface area (Å²) >= 11 is 0. The molecule has 4 rings (SSSR count). The van der Waals surface area contributed by atoms with Gasteiger partial charge in [0.1, 0.15) is 11.6 Å². The number of carboxylic acid groups (broad SMARTS) is 1. The number of pyridine rings is 1. The van der Waals surface area contributed by atoms with E-state index in [4.69, 9.17) is 14.5 Å². The molecule has 10 nitrogen and oxygen atoms in total. The van der Waals surface area contributed by atoms with Gasteiger partial charge in [-0.25, -0.2) is 9.18 Å². The SMILES string of the molecule is Cc1nc(CN(C)C(=O)C(=O)N(C)C)c(-c2ccc(OCCc3ccc(F)cc3)cc2)c(N2CCC(C)(C)CC2)c1[C@H](OC(C)(C)C)C(=O)O. The highest BCUT2D eigenvalue weighted by Crippen LogP contribution is 2.45. The molecule has 3 aromatic rings. The van der Waals surface area contributed by atoms with Crippen LogP contribution >= 0.6 is 0 Å². The number of ether oxygens (including phenoxy) is 2. The van der Waals surface area contributed by atoms with Gasteiger partial charge in [-0.3, -0.25) is 14.6 Å². The number of nitrogens with zero attached hydrogens (tertiary/aromatic N) is 4. The molecule has 1 saturated heterocycles. The fraction of sp³-hybridized carbons (Fsp3) is 0.487. The molecule has 0 bridgehead atoms. The smallest absolute Gasteiger partial charge is 0.337 e. The molecule has 270 valence electrons. The quantitative estimate of drug-likeness (QED) is 0.229. The zero-order valence-corrected chi connectivity index (χ0v) is 30.8. The molecule has 1 atom stereocenters. The number of carbonyl (C=O) groups is 3. The Kier molecular flexibility index (Phi) is 11.9. The standard InChI is InChI=1S/C39H51FN4O6/c1-25-31(34(37(47)48)50-38(2,3)4)33(44-21-19-39(5,6)20-22-44)32(30(41-25)24-43(9)36(46)35(45)42(7)8)27-12-16-29(17-13-27)49-23-18-26-10-14-28(40)15-11-26/h10-17,34H,18-24H2,1-9H3,(H,47,48)/t34-/m0/s1. The van der Waals surface area contributed by atoms with Crippen LogP contribution in [0.4, 0.5) is 10.1 Å². The van der Waals surface area contributed by atoms with Crippen LogP contribution < -0.4 is 9.64 Å². The Morgan fingerprint density at radius 1 is 0.980 bits per heavy atom. The van der Waals surface area contributed by atoms with E-state index in [-0.39, 0.29) is 17.8 Å². The fourth-order valence-corrected chi connectivity index (χ4v) is 6.05. The zero-order chi connectivity index (χ0) is 37.0. The van der Waals surface area contributed by atoms with Crippen molar-refractivity contribution in [2.75, 3.05) is 45.7 Å². The van der Waals surface area contributed by atoms with Crippen LogP contribution in [-0.2, 0) is 32.1 Å². The first-order valence-corrected chi connectivity index (χ1v) is 17.0. The molecule has 11 heteroatoms. The van der Waals surface area contributed by atoms with E-state index in [1.165, 1.54) is 36.0 Å². The van der Waals surface area contributed by atoms with E-state index < -0.39 is 29.5 Å². The normalized spacial score (nSPS) is 15.0. The van der Waals surface area contributed by atoms with Gasteiger partial charge in [0.2, 0.25) is 0 Å². The van der Waals surface area contributed by atoms with Gasteiger partial charge in [0.05, 0.1) is 30.1 Å². The van der Waals surface area contributed by atoms with Crippen molar-refractivity contribution in [1.29, 1.82) is 0 Å². The van der Waals surface area contributed by atoms with Gasteiger partial charge in [0.25, 0.3) is 0 Å². The molecule has 1 aliphatic heterocycles. The predicted octanol–water partition coefficient (Wildman–Crippen LogP) is 6.43. The Bertz CT molecular complexity index is 1670. The van der Waals surface area contributed by atoms with Crippen LogP contribution in [0.15, 0.2) is 48.5 Å². The Morgan fingerprint density at radius 3 is 2.12 bits per heavy atom. The van der Waals surface area contributed by atoms with Crippen molar-refractivity contribution >= 4 is 23.5 Å². The third-order valence-electron chi connectivity index (χ3n) is 8.90. The number of hydrogen-bond acceptors (Lipinski definition) is 7. The van der Waals surface area contributed by atoms with Crippen molar-refractivity contribution in [3.05, 3.63) is 76.9 Å². The van der Waals surface area contributed by atoms with E-state index in [1.54, 1.807) is 26.1 Å². The molecule has 50 heavy (non-hydrogen) atoms. The topological polar surface area (TPSA) is 113 Å². The Hall–Kier alpha value is -4.51. The van der Waals surface area contributed by atoms with Gasteiger partial charge < -0.3 is 29.3 Å². The average molecular weight is 691 g/mol. The van der Waals surface area contributed by atoms with Crippen molar-refractivity contribution in [2.45, 2.75) is 79.1 Å². The number of rotatable bonds is 11. The third kappa shape index (κ3) is 9.59. The van der Waals surface area contributed by atoms with Crippen LogP contribution in [0.3, 0.4) is 0 Å². The van der Waals surface area contributed by atoms with Gasteiger partial charge in [0, 0.05) is 57.5 Å². The fourth-order valence-electron chi connectivity index (χ4n) is 6.05. The summed E-state index contributed by atoms with van der Waals surface area (Å²) < 4.78 is 25.6. The van der Waals surface area contributed by atoms with Gasteiger partial charge in [-0.05, 0) is 81.3 Å². The maximum atomic E-state index is 13.3. The maximum Gasteiger partial charge on any atom is 0.337 e. The highest BCUT2D eigenvalue weighted by Gasteiger charge is 2.37. The first-order chi connectivity index (χ1) is 23.4. The molecule has 0 radical (unpaired) electrons. The minimum absolute atomic E-state index is 0.00892. The number of aromatic nitrogens is 1. The second-order valence-corrected chi connectivity index (χ2v) is 15.0. The summed E-state index contributed by atoms with van der Waals surface area (Å²) in [7, 11) is 4.61. The Labute approximate surface area is 295 Å². The monoisotopic (exact) mass is 690 g/mol. The Morgan fingerprint density at radius 2 is 1.58 bits per heavy atom. The van der Waals surface area contributed by atoms with Crippen LogP contribution in [0.2, 0.25) is 0 Å². The molecular formula is C39H51FN4O6. The summed E-state index contributed by atoms with van der Waals surface area (Å²) in [5.41, 5.74) is 3.87. The minimum Gasteiger partial charge on any atom is -0.493 e. The summed E-state index contributed by atoms with van der Waals surface area (Å²) in [4.78, 5) is 48.5. The number of likely N-dealkylation sites (N-methyl/N-ethyl adjacent to an activating group) is 2. The third-order valence-corrected chi connectivity index (χ3v) is 8.90. The molecule has 1 fully saturated rings. The number of amides is 2. The predicted molar refractivity (Wildman–Crippen MR) is 192 cm³/mol. The molecule has 1 aliphatic rings. The van der Waals surface area contributed by atoms with Gasteiger partial charge >= 0.3 is 17.8 Å². The number of anilines is 1. The van der Waals surface area contributed by atoms with Crippen molar-refractivity contribution in [3.63, 3.8) is 0 Å². The number of piperidine rings is 1. The van der Waals surface area contributed by atoms with Crippen molar-refractivity contribution in [3.8, 4) is 16.9 Å². The van der Waals surface area contributed by atoms with Gasteiger partial charge in [-0.2, -0.15) is 0 Å². The molecule has 0 unspecified atom stereocenters. The van der Waals surface area contributed by atoms with Crippen LogP contribution in [-0.4, -0.2) is 84.1 Å².